The summed E-state index contributed by atoms with van der Waals surface area (Å²) in [5.74, 6) is 1.24. The van der Waals surface area contributed by atoms with Crippen molar-refractivity contribution in [2.45, 2.75) is 27.3 Å². The topological polar surface area (TPSA) is 82.6 Å². The molecular formula is C22H25N3O4S. The molecule has 0 bridgehead atoms. The van der Waals surface area contributed by atoms with Crippen molar-refractivity contribution < 1.29 is 19.0 Å². The van der Waals surface area contributed by atoms with E-state index in [0.717, 1.165) is 16.4 Å². The second-order valence-corrected chi connectivity index (χ2v) is 7.00. The first-order chi connectivity index (χ1) is 14.7. The van der Waals surface area contributed by atoms with Crippen LogP contribution in [0, 0.1) is 0 Å². The molecule has 2 aromatic heterocycles. The third kappa shape index (κ3) is 5.27. The number of aromatic nitrogens is 2. The number of hydrogen-bond acceptors (Lipinski definition) is 7. The number of thiazole rings is 1. The maximum atomic E-state index is 12.8. The van der Waals surface area contributed by atoms with E-state index < -0.39 is 0 Å². The molecule has 2 heterocycles. The van der Waals surface area contributed by atoms with E-state index >= 15 is 0 Å². The zero-order valence-corrected chi connectivity index (χ0v) is 18.1. The molecule has 0 fully saturated rings. The Kier molecular flexibility index (Phi) is 7.62. The number of rotatable bonds is 10. The highest BCUT2D eigenvalue weighted by Crippen LogP contribution is 2.39. The summed E-state index contributed by atoms with van der Waals surface area (Å²) in [5.41, 5.74) is 2.02. The molecule has 3 rings (SSSR count). The summed E-state index contributed by atoms with van der Waals surface area (Å²) in [4.78, 5) is 21.6. The normalized spacial score (nSPS) is 10.5. The fourth-order valence-corrected chi connectivity index (χ4v) is 3.58. The zero-order chi connectivity index (χ0) is 21.3. The van der Waals surface area contributed by atoms with Gasteiger partial charge in [-0.3, -0.25) is 9.78 Å². The minimum absolute atomic E-state index is 0.243. The number of carbonyl (C=O) groups excluding carboxylic acids is 1. The Morgan fingerprint density at radius 3 is 2.33 bits per heavy atom. The Labute approximate surface area is 180 Å². The number of carbonyl (C=O) groups is 1. The number of nitrogens with one attached hydrogen (secondary N) is 1. The van der Waals surface area contributed by atoms with Crippen LogP contribution in [0.3, 0.4) is 0 Å². The van der Waals surface area contributed by atoms with Crippen molar-refractivity contribution >= 4 is 17.2 Å². The van der Waals surface area contributed by atoms with Crippen LogP contribution in [0.1, 0.15) is 36.8 Å². The van der Waals surface area contributed by atoms with Gasteiger partial charge in [-0.25, -0.2) is 4.98 Å². The Morgan fingerprint density at radius 2 is 1.73 bits per heavy atom. The molecule has 30 heavy (non-hydrogen) atoms. The summed E-state index contributed by atoms with van der Waals surface area (Å²) < 4.78 is 17.0. The van der Waals surface area contributed by atoms with Gasteiger partial charge in [0.2, 0.25) is 5.75 Å². The van der Waals surface area contributed by atoms with E-state index in [9.17, 15) is 4.79 Å². The van der Waals surface area contributed by atoms with Gasteiger partial charge in [-0.2, -0.15) is 0 Å². The van der Waals surface area contributed by atoms with Crippen LogP contribution in [0.25, 0.3) is 10.7 Å². The molecule has 0 saturated carbocycles. The summed E-state index contributed by atoms with van der Waals surface area (Å²) in [6.07, 6.45) is 1.73. The lowest BCUT2D eigenvalue weighted by Gasteiger charge is -2.17. The van der Waals surface area contributed by atoms with Gasteiger partial charge < -0.3 is 19.5 Å². The van der Waals surface area contributed by atoms with E-state index in [1.54, 1.807) is 18.3 Å². The molecule has 0 saturated heterocycles. The molecule has 0 aliphatic rings. The highest BCUT2D eigenvalue weighted by Gasteiger charge is 2.18. The molecule has 158 valence electrons. The van der Waals surface area contributed by atoms with Crippen LogP contribution in [-0.2, 0) is 6.54 Å². The number of pyridine rings is 1. The smallest absolute Gasteiger partial charge is 0.251 e. The highest BCUT2D eigenvalue weighted by atomic mass is 32.1. The largest absolute Gasteiger partial charge is 0.490 e. The molecule has 3 aromatic rings. The maximum absolute atomic E-state index is 12.8. The van der Waals surface area contributed by atoms with Gasteiger partial charge in [0.1, 0.15) is 5.01 Å². The van der Waals surface area contributed by atoms with Crippen LogP contribution in [0.15, 0.2) is 41.9 Å². The first-order valence-electron chi connectivity index (χ1n) is 9.86. The van der Waals surface area contributed by atoms with Gasteiger partial charge in [-0.1, -0.05) is 6.07 Å². The molecule has 1 aromatic carbocycles. The average Bonchev–Trinajstić information content (AvgIpc) is 3.24. The van der Waals surface area contributed by atoms with Gasteiger partial charge in [-0.15, -0.1) is 11.3 Å². The summed E-state index contributed by atoms with van der Waals surface area (Å²) in [7, 11) is 0. The molecule has 0 spiro atoms. The average molecular weight is 428 g/mol. The minimum atomic E-state index is -0.243. The second kappa shape index (κ2) is 10.6. The first kappa shape index (κ1) is 21.6. The molecule has 0 radical (unpaired) electrons. The van der Waals surface area contributed by atoms with E-state index in [1.165, 1.54) is 11.3 Å². The number of nitrogens with zero attached hydrogens (tertiary/aromatic N) is 2. The quantitative estimate of drug-likeness (QED) is 0.519. The van der Waals surface area contributed by atoms with Gasteiger partial charge in [0, 0.05) is 17.1 Å². The summed E-state index contributed by atoms with van der Waals surface area (Å²) in [5, 5.41) is 5.64. The summed E-state index contributed by atoms with van der Waals surface area (Å²) >= 11 is 1.49. The number of hydrogen-bond donors (Lipinski definition) is 1. The molecule has 7 nitrogen and oxygen atoms in total. The fraction of sp³-hybridized carbons (Fsp3) is 0.318. The van der Waals surface area contributed by atoms with Crippen molar-refractivity contribution in [1.82, 2.24) is 15.3 Å². The van der Waals surface area contributed by atoms with Crippen LogP contribution in [0.5, 0.6) is 17.2 Å². The number of ether oxygens (including phenoxy) is 3. The lowest BCUT2D eigenvalue weighted by atomic mass is 10.1. The lowest BCUT2D eigenvalue weighted by Crippen LogP contribution is -2.23. The third-order valence-electron chi connectivity index (χ3n) is 4.04. The van der Waals surface area contributed by atoms with Gasteiger partial charge in [0.05, 0.1) is 37.8 Å². The van der Waals surface area contributed by atoms with Gasteiger partial charge >= 0.3 is 0 Å². The van der Waals surface area contributed by atoms with Gasteiger partial charge in [0.15, 0.2) is 11.5 Å². The Hall–Kier alpha value is -3.13. The maximum Gasteiger partial charge on any atom is 0.251 e. The molecular weight excluding hydrogens is 402 g/mol. The Balaban J connectivity index is 1.75. The predicted octanol–water partition coefficient (Wildman–Crippen LogP) is 4.33. The molecule has 1 N–H and O–H groups in total. The van der Waals surface area contributed by atoms with E-state index in [1.807, 2.05) is 44.4 Å². The van der Waals surface area contributed by atoms with E-state index in [4.69, 9.17) is 14.2 Å². The molecule has 0 aliphatic heterocycles. The van der Waals surface area contributed by atoms with E-state index in [-0.39, 0.29) is 5.91 Å². The second-order valence-electron chi connectivity index (χ2n) is 6.14. The van der Waals surface area contributed by atoms with Crippen LogP contribution in [0.4, 0.5) is 0 Å². The summed E-state index contributed by atoms with van der Waals surface area (Å²) in [6, 6.07) is 9.04. The standard InChI is InChI=1S/C22H25N3O4S/c1-4-27-18-11-15(12-19(28-5-2)20(18)29-6-3)21(26)24-13-16-14-30-22(25-16)17-9-7-8-10-23-17/h7-12,14H,4-6,13H2,1-3H3,(H,24,26). The lowest BCUT2D eigenvalue weighted by molar-refractivity contribution is 0.0949. The first-order valence-corrected chi connectivity index (χ1v) is 10.7. The van der Waals surface area contributed by atoms with Crippen molar-refractivity contribution in [2.75, 3.05) is 19.8 Å². The Morgan fingerprint density at radius 1 is 1.03 bits per heavy atom. The van der Waals surface area contributed by atoms with Crippen molar-refractivity contribution in [1.29, 1.82) is 0 Å². The predicted molar refractivity (Wildman–Crippen MR) is 116 cm³/mol. The fourth-order valence-electron chi connectivity index (χ4n) is 2.79. The van der Waals surface area contributed by atoms with Crippen molar-refractivity contribution in [3.63, 3.8) is 0 Å². The Bertz CT molecular complexity index is 949. The molecule has 8 heteroatoms. The summed E-state index contributed by atoms with van der Waals surface area (Å²) in [6.45, 7) is 7.32. The van der Waals surface area contributed by atoms with E-state index in [2.05, 4.69) is 15.3 Å². The number of amides is 1. The minimum Gasteiger partial charge on any atom is -0.490 e. The third-order valence-corrected chi connectivity index (χ3v) is 4.95. The van der Waals surface area contributed by atoms with Gasteiger partial charge in [0.25, 0.3) is 5.91 Å². The molecule has 1 amide bonds. The SMILES string of the molecule is CCOc1cc(C(=O)NCc2csc(-c3ccccn3)n2)cc(OCC)c1OCC. The zero-order valence-electron chi connectivity index (χ0n) is 17.3. The molecule has 0 atom stereocenters. The van der Waals surface area contributed by atoms with Crippen LogP contribution in [0.2, 0.25) is 0 Å². The molecule has 0 unspecified atom stereocenters. The van der Waals surface area contributed by atoms with Gasteiger partial charge in [-0.05, 0) is 45.0 Å². The monoisotopic (exact) mass is 427 g/mol. The van der Waals surface area contributed by atoms with Crippen LogP contribution >= 0.6 is 11.3 Å². The van der Waals surface area contributed by atoms with Crippen molar-refractivity contribution in [2.24, 2.45) is 0 Å². The number of benzene rings is 1. The van der Waals surface area contributed by atoms with Crippen molar-refractivity contribution in [3.05, 3.63) is 53.2 Å². The van der Waals surface area contributed by atoms with Crippen LogP contribution in [-0.4, -0.2) is 35.7 Å². The highest BCUT2D eigenvalue weighted by molar-refractivity contribution is 7.13. The van der Waals surface area contributed by atoms with Crippen LogP contribution < -0.4 is 19.5 Å². The van der Waals surface area contributed by atoms with E-state index in [0.29, 0.717) is 49.2 Å². The van der Waals surface area contributed by atoms with Crippen molar-refractivity contribution in [3.8, 4) is 28.0 Å². The molecule has 0 aliphatic carbocycles.